The van der Waals surface area contributed by atoms with Gasteiger partial charge >= 0.3 is 12.1 Å². The first-order valence-electron chi connectivity index (χ1n) is 3.86. The zero-order valence-electron chi connectivity index (χ0n) is 7.48. The predicted molar refractivity (Wildman–Crippen MR) is 44.3 cm³/mol. The molecule has 1 N–H and O–H groups in total. The Morgan fingerprint density at radius 1 is 1.69 bits per heavy atom. The van der Waals surface area contributed by atoms with Crippen LogP contribution in [-0.2, 0) is 9.53 Å². The van der Waals surface area contributed by atoms with Crippen LogP contribution in [0, 0.1) is 0 Å². The van der Waals surface area contributed by atoms with Gasteiger partial charge in [0.2, 0.25) is 0 Å². The summed E-state index contributed by atoms with van der Waals surface area (Å²) in [5.41, 5.74) is 0.407. The molecule has 0 saturated heterocycles. The van der Waals surface area contributed by atoms with Crippen molar-refractivity contribution in [2.45, 2.75) is 13.0 Å². The summed E-state index contributed by atoms with van der Waals surface area (Å²) in [7, 11) is 1.28. The number of methoxy groups -OCH3 is 1. The van der Waals surface area contributed by atoms with Crippen molar-refractivity contribution in [2.24, 2.45) is 0 Å². The number of ether oxygens (including phenoxy) is 1. The molecule has 0 radical (unpaired) electrons. The van der Waals surface area contributed by atoms with Gasteiger partial charge in [-0.3, -0.25) is 4.90 Å². The Hall–Kier alpha value is -1.52. The highest BCUT2D eigenvalue weighted by Gasteiger charge is 2.31. The maximum absolute atomic E-state index is 11.1. The van der Waals surface area contributed by atoms with Gasteiger partial charge in [0.1, 0.15) is 0 Å². The summed E-state index contributed by atoms with van der Waals surface area (Å²) in [6.07, 6.45) is 0.549. The van der Waals surface area contributed by atoms with Gasteiger partial charge in [-0.2, -0.15) is 0 Å². The summed E-state index contributed by atoms with van der Waals surface area (Å²) >= 11 is 0. The van der Waals surface area contributed by atoms with E-state index in [1.807, 2.05) is 0 Å². The second-order valence-corrected chi connectivity index (χ2v) is 2.76. The van der Waals surface area contributed by atoms with Crippen LogP contribution < -0.4 is 0 Å². The lowest BCUT2D eigenvalue weighted by molar-refractivity contribution is -0.136. The molecule has 0 aliphatic carbocycles. The van der Waals surface area contributed by atoms with Gasteiger partial charge in [-0.25, -0.2) is 9.59 Å². The number of rotatable bonds is 1. The molecule has 1 aliphatic heterocycles. The van der Waals surface area contributed by atoms with E-state index in [-0.39, 0.29) is 6.54 Å². The maximum atomic E-state index is 11.1. The first-order chi connectivity index (χ1) is 6.07. The summed E-state index contributed by atoms with van der Waals surface area (Å²) < 4.78 is 4.51. The van der Waals surface area contributed by atoms with E-state index in [9.17, 15) is 9.59 Å². The monoisotopic (exact) mass is 185 g/mol. The van der Waals surface area contributed by atoms with Gasteiger partial charge in [-0.15, -0.1) is 0 Å². The molecule has 1 atom stereocenters. The van der Waals surface area contributed by atoms with Crippen LogP contribution in [0.1, 0.15) is 6.92 Å². The summed E-state index contributed by atoms with van der Waals surface area (Å²) in [4.78, 5) is 22.9. The Kier molecular flexibility index (Phi) is 2.55. The van der Waals surface area contributed by atoms with E-state index in [1.54, 1.807) is 13.0 Å². The lowest BCUT2D eigenvalue weighted by Gasteiger charge is -2.19. The van der Waals surface area contributed by atoms with Crippen LogP contribution in [0.3, 0.4) is 0 Å². The molecular weight excluding hydrogens is 174 g/mol. The fourth-order valence-corrected chi connectivity index (χ4v) is 1.31. The Morgan fingerprint density at radius 3 is 2.69 bits per heavy atom. The molecule has 0 aromatic rings. The second-order valence-electron chi connectivity index (χ2n) is 2.76. The molecule has 72 valence electrons. The SMILES string of the molecule is COC(=O)C1=CCN(C(=O)O)[C@H]1C. The van der Waals surface area contributed by atoms with Crippen LogP contribution in [0.15, 0.2) is 11.6 Å². The van der Waals surface area contributed by atoms with E-state index in [1.165, 1.54) is 12.0 Å². The van der Waals surface area contributed by atoms with Crippen LogP contribution in [0.25, 0.3) is 0 Å². The summed E-state index contributed by atoms with van der Waals surface area (Å²) in [5, 5.41) is 8.70. The molecule has 1 amide bonds. The highest BCUT2D eigenvalue weighted by molar-refractivity contribution is 5.91. The Labute approximate surface area is 75.6 Å². The quantitative estimate of drug-likeness (QED) is 0.603. The standard InChI is InChI=1S/C8H11NO4/c1-5-6(7(10)13-2)3-4-9(5)8(11)12/h3,5H,4H2,1-2H3,(H,11,12)/t5-/m0/s1. The highest BCUT2D eigenvalue weighted by atomic mass is 16.5. The Balaban J connectivity index is 2.73. The number of nitrogens with zero attached hydrogens (tertiary/aromatic N) is 1. The van der Waals surface area contributed by atoms with E-state index in [2.05, 4.69) is 4.74 Å². The summed E-state index contributed by atoms with van der Waals surface area (Å²) in [6.45, 7) is 1.91. The van der Waals surface area contributed by atoms with Crippen molar-refractivity contribution in [3.63, 3.8) is 0 Å². The molecule has 0 spiro atoms. The van der Waals surface area contributed by atoms with Crippen molar-refractivity contribution >= 4 is 12.1 Å². The van der Waals surface area contributed by atoms with E-state index in [0.717, 1.165) is 0 Å². The molecule has 0 bridgehead atoms. The lowest BCUT2D eigenvalue weighted by atomic mass is 10.1. The summed E-state index contributed by atoms with van der Waals surface area (Å²) in [6, 6.07) is -0.412. The third-order valence-electron chi connectivity index (χ3n) is 2.09. The van der Waals surface area contributed by atoms with Crippen molar-refractivity contribution in [1.29, 1.82) is 0 Å². The molecule has 1 aliphatic rings. The molecule has 1 heterocycles. The minimum Gasteiger partial charge on any atom is -0.466 e. The fraction of sp³-hybridized carbons (Fsp3) is 0.500. The molecule has 5 heteroatoms. The third kappa shape index (κ3) is 1.63. The van der Waals surface area contributed by atoms with Gasteiger partial charge in [-0.1, -0.05) is 6.08 Å². The normalized spacial score (nSPS) is 21.2. The molecule has 5 nitrogen and oxygen atoms in total. The van der Waals surface area contributed by atoms with Gasteiger partial charge in [0.05, 0.1) is 18.7 Å². The van der Waals surface area contributed by atoms with Gasteiger partial charge in [0.15, 0.2) is 0 Å². The van der Waals surface area contributed by atoms with Gasteiger partial charge in [0.25, 0.3) is 0 Å². The van der Waals surface area contributed by atoms with Crippen LogP contribution in [-0.4, -0.2) is 41.8 Å². The van der Waals surface area contributed by atoms with Crippen LogP contribution >= 0.6 is 0 Å². The number of amides is 1. The fourth-order valence-electron chi connectivity index (χ4n) is 1.31. The van der Waals surface area contributed by atoms with Crippen molar-refractivity contribution in [1.82, 2.24) is 4.90 Å². The molecule has 0 fully saturated rings. The number of carbonyl (C=O) groups is 2. The van der Waals surface area contributed by atoms with E-state index in [4.69, 9.17) is 5.11 Å². The number of hydrogen-bond acceptors (Lipinski definition) is 3. The zero-order valence-corrected chi connectivity index (χ0v) is 7.48. The number of hydrogen-bond donors (Lipinski definition) is 1. The number of esters is 1. The van der Waals surface area contributed by atoms with Gasteiger partial charge in [-0.05, 0) is 6.92 Å². The first-order valence-corrected chi connectivity index (χ1v) is 3.86. The van der Waals surface area contributed by atoms with Crippen LogP contribution in [0.5, 0.6) is 0 Å². The highest BCUT2D eigenvalue weighted by Crippen LogP contribution is 2.18. The largest absolute Gasteiger partial charge is 0.466 e. The zero-order chi connectivity index (χ0) is 10.0. The molecule has 0 saturated carbocycles. The average Bonchev–Trinajstić information content (AvgIpc) is 2.46. The third-order valence-corrected chi connectivity index (χ3v) is 2.09. The maximum Gasteiger partial charge on any atom is 0.408 e. The van der Waals surface area contributed by atoms with Gasteiger partial charge in [0, 0.05) is 6.54 Å². The van der Waals surface area contributed by atoms with Crippen molar-refractivity contribution < 1.29 is 19.4 Å². The first kappa shape index (κ1) is 9.57. The summed E-state index contributed by atoms with van der Waals surface area (Å²) in [5.74, 6) is -0.462. The molecular formula is C8H11NO4. The predicted octanol–water partition coefficient (Wildman–Crippen LogP) is 0.468. The van der Waals surface area contributed by atoms with E-state index < -0.39 is 18.1 Å². The van der Waals surface area contributed by atoms with E-state index in [0.29, 0.717) is 5.57 Å². The number of carboxylic acid groups (broad SMARTS) is 1. The minimum atomic E-state index is -1.03. The Bertz CT molecular complexity index is 271. The van der Waals surface area contributed by atoms with Gasteiger partial charge < -0.3 is 9.84 Å². The van der Waals surface area contributed by atoms with Crippen LogP contribution in [0.2, 0.25) is 0 Å². The smallest absolute Gasteiger partial charge is 0.408 e. The van der Waals surface area contributed by atoms with Crippen molar-refractivity contribution in [3.05, 3.63) is 11.6 Å². The molecule has 0 aromatic heterocycles. The van der Waals surface area contributed by atoms with Crippen molar-refractivity contribution in [2.75, 3.05) is 13.7 Å². The average molecular weight is 185 g/mol. The van der Waals surface area contributed by atoms with Crippen LogP contribution in [0.4, 0.5) is 4.79 Å². The number of carbonyl (C=O) groups excluding carboxylic acids is 1. The topological polar surface area (TPSA) is 66.8 Å². The molecule has 0 aromatic carbocycles. The lowest BCUT2D eigenvalue weighted by Crippen LogP contribution is -2.35. The second kappa shape index (κ2) is 3.47. The molecule has 13 heavy (non-hydrogen) atoms. The van der Waals surface area contributed by atoms with E-state index >= 15 is 0 Å². The van der Waals surface area contributed by atoms with Crippen molar-refractivity contribution in [3.8, 4) is 0 Å². The minimum absolute atomic E-state index is 0.251. The Morgan fingerprint density at radius 2 is 2.31 bits per heavy atom. The molecule has 1 rings (SSSR count). The molecule has 0 unspecified atom stereocenters.